The van der Waals surface area contributed by atoms with E-state index in [0.29, 0.717) is 10.7 Å². The van der Waals surface area contributed by atoms with Gasteiger partial charge in [0.15, 0.2) is 17.3 Å². The fraction of sp³-hybridized carbons (Fsp3) is 0.409. The fourth-order valence-electron chi connectivity index (χ4n) is 3.63. The third-order valence-corrected chi connectivity index (χ3v) is 7.32. The highest BCUT2D eigenvalue weighted by molar-refractivity contribution is 7.93. The molecule has 17 heteroatoms. The third kappa shape index (κ3) is 5.91. The molecule has 39 heavy (non-hydrogen) atoms. The first-order valence-corrected chi connectivity index (χ1v) is 13.5. The molecule has 0 aliphatic carbocycles. The maximum Gasteiger partial charge on any atom is 0.245 e. The summed E-state index contributed by atoms with van der Waals surface area (Å²) in [7, 11) is 0.332. The number of sulfonamides is 1. The Morgan fingerprint density at radius 3 is 2.18 bits per heavy atom. The van der Waals surface area contributed by atoms with Gasteiger partial charge in [0, 0.05) is 25.6 Å². The maximum absolute atomic E-state index is 13.7. The Balaban J connectivity index is 1.83. The monoisotopic (exact) mass is 578 g/mol. The van der Waals surface area contributed by atoms with Gasteiger partial charge in [-0.05, 0) is 26.8 Å². The molecule has 0 amide bonds. The molecule has 0 aliphatic heterocycles. The molecule has 0 radical (unpaired) electrons. The summed E-state index contributed by atoms with van der Waals surface area (Å²) in [6.45, 7) is 5.03. The van der Waals surface area contributed by atoms with Crippen LogP contribution >= 0.6 is 11.6 Å². The van der Waals surface area contributed by atoms with E-state index < -0.39 is 21.4 Å². The predicted molar refractivity (Wildman–Crippen MR) is 140 cm³/mol. The summed E-state index contributed by atoms with van der Waals surface area (Å²) in [5.41, 5.74) is 0.557. The van der Waals surface area contributed by atoms with E-state index in [9.17, 15) is 8.42 Å². The average Bonchev–Trinajstić information content (AvgIpc) is 3.52. The van der Waals surface area contributed by atoms with Crippen molar-refractivity contribution in [1.82, 2.24) is 44.5 Å². The van der Waals surface area contributed by atoms with E-state index in [1.54, 1.807) is 37.8 Å². The average molecular weight is 579 g/mol. The normalized spacial score (nSPS) is 13.3. The van der Waals surface area contributed by atoms with Gasteiger partial charge in [-0.25, -0.2) is 23.0 Å². The number of hydrogen-bond donors (Lipinski definition) is 1. The lowest BCUT2D eigenvalue weighted by Gasteiger charge is -2.25. The summed E-state index contributed by atoms with van der Waals surface area (Å²) in [6, 6.07) is 1.69. The number of methoxy groups -OCH3 is 2. The maximum atomic E-state index is 13.7. The van der Waals surface area contributed by atoms with Crippen molar-refractivity contribution < 1.29 is 22.6 Å². The fourth-order valence-corrected chi connectivity index (χ4v) is 4.81. The molecule has 1 N–H and O–H groups in total. The van der Waals surface area contributed by atoms with Gasteiger partial charge < -0.3 is 14.2 Å². The smallest absolute Gasteiger partial charge is 0.245 e. The third-order valence-electron chi connectivity index (χ3n) is 5.43. The van der Waals surface area contributed by atoms with Gasteiger partial charge in [-0.1, -0.05) is 11.6 Å². The van der Waals surface area contributed by atoms with Crippen LogP contribution in [0.15, 0.2) is 31.0 Å². The summed E-state index contributed by atoms with van der Waals surface area (Å²) in [5.74, 6) is 0.324. The van der Waals surface area contributed by atoms with Gasteiger partial charge in [-0.2, -0.15) is 15.1 Å². The van der Waals surface area contributed by atoms with E-state index in [1.165, 1.54) is 44.4 Å². The number of nitrogens with one attached hydrogen (secondary N) is 1. The number of anilines is 1. The molecule has 0 aromatic carbocycles. The van der Waals surface area contributed by atoms with Gasteiger partial charge in [0.05, 0.1) is 25.3 Å². The number of aromatic nitrogens is 9. The molecular formula is C22H27ClN10O5S. The topological polar surface area (TPSA) is 174 Å². The second-order valence-corrected chi connectivity index (χ2v) is 11.0. The molecule has 0 saturated heterocycles. The molecule has 4 heterocycles. The molecule has 4 rings (SSSR count). The van der Waals surface area contributed by atoms with E-state index in [1.807, 2.05) is 0 Å². The van der Waals surface area contributed by atoms with E-state index in [4.69, 9.17) is 25.8 Å². The van der Waals surface area contributed by atoms with Gasteiger partial charge in [0.1, 0.15) is 23.4 Å². The zero-order valence-electron chi connectivity index (χ0n) is 22.0. The minimum atomic E-state index is -4.21. The van der Waals surface area contributed by atoms with Crippen LogP contribution < -0.4 is 14.2 Å². The molecule has 2 unspecified atom stereocenters. The van der Waals surface area contributed by atoms with Gasteiger partial charge in [-0.3, -0.25) is 9.40 Å². The Kier molecular flexibility index (Phi) is 8.27. The van der Waals surface area contributed by atoms with Crippen LogP contribution in [0.1, 0.15) is 32.7 Å². The van der Waals surface area contributed by atoms with Crippen molar-refractivity contribution in [2.45, 2.75) is 38.2 Å². The number of ether oxygens (including phenoxy) is 3. The first kappa shape index (κ1) is 28.1. The van der Waals surface area contributed by atoms with Crippen LogP contribution in [0.5, 0.6) is 11.8 Å². The number of halogens is 1. The Bertz CT molecular complexity index is 1520. The van der Waals surface area contributed by atoms with E-state index in [0.717, 1.165) is 0 Å². The van der Waals surface area contributed by atoms with Crippen LogP contribution in [0, 0.1) is 0 Å². The van der Waals surface area contributed by atoms with Crippen molar-refractivity contribution in [2.24, 2.45) is 7.05 Å². The molecule has 208 valence electrons. The zero-order chi connectivity index (χ0) is 28.3. The first-order chi connectivity index (χ1) is 18.6. The van der Waals surface area contributed by atoms with Gasteiger partial charge in [0.25, 0.3) is 0 Å². The van der Waals surface area contributed by atoms with Crippen LogP contribution in [-0.2, 0) is 21.8 Å². The Morgan fingerprint density at radius 1 is 1.00 bits per heavy atom. The lowest BCUT2D eigenvalue weighted by Crippen LogP contribution is -2.35. The second kappa shape index (κ2) is 11.5. The molecule has 0 aliphatic rings. The highest BCUT2D eigenvalue weighted by atomic mass is 35.5. The van der Waals surface area contributed by atoms with E-state index >= 15 is 0 Å². The second-order valence-electron chi connectivity index (χ2n) is 8.52. The Hall–Kier alpha value is -3.89. The van der Waals surface area contributed by atoms with Crippen molar-refractivity contribution in [2.75, 3.05) is 18.9 Å². The SMILES string of the molecule is COc1ncnc(OC)c1-n1c(NS(=O)(=O)C(C)C(OC(C)C)c2ncc(Cl)cn2)nnc1-c1ccn(C)n1. The minimum absolute atomic E-state index is 0.0860. The van der Waals surface area contributed by atoms with Gasteiger partial charge in [-0.15, -0.1) is 10.2 Å². The Morgan fingerprint density at radius 2 is 1.64 bits per heavy atom. The number of hydrogen-bond acceptors (Lipinski definition) is 12. The zero-order valence-corrected chi connectivity index (χ0v) is 23.5. The van der Waals surface area contributed by atoms with Crippen molar-refractivity contribution in [3.63, 3.8) is 0 Å². The van der Waals surface area contributed by atoms with Crippen molar-refractivity contribution in [1.29, 1.82) is 0 Å². The number of nitrogens with zero attached hydrogens (tertiary/aromatic N) is 9. The quantitative estimate of drug-likeness (QED) is 0.275. The van der Waals surface area contributed by atoms with Crippen LogP contribution in [0.3, 0.4) is 0 Å². The van der Waals surface area contributed by atoms with Crippen molar-refractivity contribution in [3.8, 4) is 29.0 Å². The van der Waals surface area contributed by atoms with Crippen LogP contribution in [0.2, 0.25) is 5.02 Å². The summed E-state index contributed by atoms with van der Waals surface area (Å²) in [6.07, 6.45) is 4.33. The summed E-state index contributed by atoms with van der Waals surface area (Å²) < 4.78 is 49.7. The minimum Gasteiger partial charge on any atom is -0.479 e. The number of aryl methyl sites for hydroxylation is 1. The summed E-state index contributed by atoms with van der Waals surface area (Å²) in [5, 5.41) is 11.8. The molecule has 4 aromatic rings. The highest BCUT2D eigenvalue weighted by Crippen LogP contribution is 2.35. The van der Waals surface area contributed by atoms with Gasteiger partial charge >= 0.3 is 0 Å². The largest absolute Gasteiger partial charge is 0.479 e. The van der Waals surface area contributed by atoms with Crippen LogP contribution in [0.25, 0.3) is 17.2 Å². The standard InChI is InChI=1S/C22H27ClN10O5S/c1-12(2)38-17(18-24-9-14(23)10-25-18)13(3)39(34,35)31-22-29-28-19(15-7-8-32(4)30-15)33(22)16-20(36-5)26-11-27-21(16)37-6/h7-13,17H,1-6H3,(H,29,31). The highest BCUT2D eigenvalue weighted by Gasteiger charge is 2.36. The van der Waals surface area contributed by atoms with Gasteiger partial charge in [0.2, 0.25) is 27.7 Å². The summed E-state index contributed by atoms with van der Waals surface area (Å²) in [4.78, 5) is 16.6. The lowest BCUT2D eigenvalue weighted by molar-refractivity contribution is 0.00154. The van der Waals surface area contributed by atoms with Crippen molar-refractivity contribution in [3.05, 3.63) is 41.8 Å². The summed E-state index contributed by atoms with van der Waals surface area (Å²) >= 11 is 5.93. The molecule has 0 bridgehead atoms. The Labute approximate surface area is 229 Å². The first-order valence-electron chi connectivity index (χ1n) is 11.6. The lowest BCUT2D eigenvalue weighted by atomic mass is 10.2. The van der Waals surface area contributed by atoms with Crippen molar-refractivity contribution >= 4 is 27.6 Å². The molecule has 4 aromatic heterocycles. The van der Waals surface area contributed by atoms with Crippen LogP contribution in [0.4, 0.5) is 5.95 Å². The molecule has 2 atom stereocenters. The molecule has 0 spiro atoms. The van der Waals surface area contributed by atoms with Crippen LogP contribution in [-0.4, -0.2) is 78.5 Å². The molecule has 15 nitrogen and oxygen atoms in total. The van der Waals surface area contributed by atoms with E-state index in [2.05, 4.69) is 40.0 Å². The van der Waals surface area contributed by atoms with E-state index in [-0.39, 0.29) is 41.1 Å². The molecule has 0 saturated carbocycles. The number of rotatable bonds is 11. The molecular weight excluding hydrogens is 552 g/mol. The molecule has 0 fully saturated rings. The predicted octanol–water partition coefficient (Wildman–Crippen LogP) is 2.21.